The lowest BCUT2D eigenvalue weighted by Gasteiger charge is -2.16. The molecule has 3 aromatic heterocycles. The van der Waals surface area contributed by atoms with Crippen molar-refractivity contribution in [2.24, 2.45) is 0 Å². The lowest BCUT2D eigenvalue weighted by molar-refractivity contribution is 1.29. The molecule has 2 nitrogen and oxygen atoms in total. The van der Waals surface area contributed by atoms with Gasteiger partial charge in [0.2, 0.25) is 0 Å². The molecule has 7 rings (SSSR count). The molecule has 0 spiro atoms. The van der Waals surface area contributed by atoms with Crippen LogP contribution in [0.3, 0.4) is 0 Å². The van der Waals surface area contributed by atoms with Crippen LogP contribution in [-0.2, 0) is 0 Å². The number of benzene rings is 4. The minimum absolute atomic E-state index is 1.10. The SMILES string of the molecule is Cc1cc(C)c2c(c1)c1nccc3cc(-c4ccccc4)c4c5ccccc5n2c4c31. The molecule has 0 radical (unpaired) electrons. The first-order valence-corrected chi connectivity index (χ1v) is 10.7. The van der Waals surface area contributed by atoms with Gasteiger partial charge in [-0.2, -0.15) is 0 Å². The van der Waals surface area contributed by atoms with Crippen LogP contribution < -0.4 is 0 Å². The Labute approximate surface area is 179 Å². The Morgan fingerprint density at radius 3 is 2.39 bits per heavy atom. The number of aromatic nitrogens is 2. The molecule has 0 amide bonds. The molecule has 3 heterocycles. The quantitative estimate of drug-likeness (QED) is 0.206. The summed E-state index contributed by atoms with van der Waals surface area (Å²) in [6.45, 7) is 4.39. The second-order valence-corrected chi connectivity index (χ2v) is 8.60. The zero-order chi connectivity index (χ0) is 20.7. The molecule has 0 atom stereocenters. The zero-order valence-corrected chi connectivity index (χ0v) is 17.5. The monoisotopic (exact) mass is 396 g/mol. The topological polar surface area (TPSA) is 17.3 Å². The van der Waals surface area contributed by atoms with Gasteiger partial charge in [0.15, 0.2) is 0 Å². The largest absolute Gasteiger partial charge is 0.308 e. The van der Waals surface area contributed by atoms with Crippen molar-refractivity contribution < 1.29 is 0 Å². The molecule has 2 heteroatoms. The molecule has 31 heavy (non-hydrogen) atoms. The molecule has 0 bridgehead atoms. The van der Waals surface area contributed by atoms with Crippen molar-refractivity contribution in [3.05, 3.63) is 96.2 Å². The molecule has 7 aromatic rings. The summed E-state index contributed by atoms with van der Waals surface area (Å²) >= 11 is 0. The summed E-state index contributed by atoms with van der Waals surface area (Å²) < 4.78 is 2.48. The van der Waals surface area contributed by atoms with E-state index in [1.54, 1.807) is 0 Å². The zero-order valence-electron chi connectivity index (χ0n) is 17.5. The average Bonchev–Trinajstić information content (AvgIpc) is 3.14. The third-order valence-electron chi connectivity index (χ3n) is 6.67. The van der Waals surface area contributed by atoms with Crippen LogP contribution in [0.1, 0.15) is 11.1 Å². The number of aryl methyl sites for hydroxylation is 2. The van der Waals surface area contributed by atoms with Gasteiger partial charge in [-0.05, 0) is 60.2 Å². The van der Waals surface area contributed by atoms with E-state index in [9.17, 15) is 0 Å². The van der Waals surface area contributed by atoms with E-state index in [0.717, 1.165) is 5.52 Å². The smallest absolute Gasteiger partial charge is 0.0822 e. The van der Waals surface area contributed by atoms with Gasteiger partial charge in [0.05, 0.1) is 22.1 Å². The number of para-hydroxylation sites is 1. The molecule has 0 aliphatic heterocycles. The summed E-state index contributed by atoms with van der Waals surface area (Å²) in [5.74, 6) is 0. The third-order valence-corrected chi connectivity index (χ3v) is 6.67. The number of pyridine rings is 2. The van der Waals surface area contributed by atoms with Crippen molar-refractivity contribution in [2.45, 2.75) is 13.8 Å². The number of hydrogen-bond acceptors (Lipinski definition) is 1. The first-order chi connectivity index (χ1) is 15.2. The second-order valence-electron chi connectivity index (χ2n) is 8.60. The Bertz CT molecular complexity index is 1790. The number of nitrogens with zero attached hydrogens (tertiary/aromatic N) is 2. The van der Waals surface area contributed by atoms with Crippen LogP contribution >= 0.6 is 0 Å². The van der Waals surface area contributed by atoms with Gasteiger partial charge in [0.25, 0.3) is 0 Å². The van der Waals surface area contributed by atoms with Crippen LogP contribution in [0.2, 0.25) is 0 Å². The van der Waals surface area contributed by atoms with Gasteiger partial charge < -0.3 is 4.40 Å². The summed E-state index contributed by atoms with van der Waals surface area (Å²) in [6, 6.07) is 28.6. The van der Waals surface area contributed by atoms with Gasteiger partial charge in [0, 0.05) is 27.7 Å². The molecule has 0 saturated carbocycles. The fourth-order valence-electron chi connectivity index (χ4n) is 5.54. The summed E-state index contributed by atoms with van der Waals surface area (Å²) in [6.07, 6.45) is 1.96. The number of rotatable bonds is 1. The van der Waals surface area contributed by atoms with Gasteiger partial charge in [-0.3, -0.25) is 4.98 Å². The Morgan fingerprint density at radius 2 is 1.52 bits per heavy atom. The normalized spacial score (nSPS) is 12.2. The van der Waals surface area contributed by atoms with Gasteiger partial charge in [0.1, 0.15) is 0 Å². The molecular formula is C29H20N2. The van der Waals surface area contributed by atoms with Crippen LogP contribution in [0.25, 0.3) is 60.1 Å². The maximum absolute atomic E-state index is 4.90. The van der Waals surface area contributed by atoms with Crippen molar-refractivity contribution in [3.63, 3.8) is 0 Å². The van der Waals surface area contributed by atoms with Crippen LogP contribution in [0.5, 0.6) is 0 Å². The first-order valence-electron chi connectivity index (χ1n) is 10.7. The van der Waals surface area contributed by atoms with E-state index in [-0.39, 0.29) is 0 Å². The highest BCUT2D eigenvalue weighted by Crippen LogP contribution is 2.45. The van der Waals surface area contributed by atoms with Gasteiger partial charge in [-0.25, -0.2) is 0 Å². The van der Waals surface area contributed by atoms with E-state index in [4.69, 9.17) is 4.98 Å². The van der Waals surface area contributed by atoms with E-state index in [1.807, 2.05) is 6.20 Å². The summed E-state index contributed by atoms with van der Waals surface area (Å²) in [5, 5.41) is 6.33. The number of hydrogen-bond donors (Lipinski definition) is 0. The Kier molecular flexibility index (Phi) is 3.17. The maximum atomic E-state index is 4.90. The highest BCUT2D eigenvalue weighted by Gasteiger charge is 2.22. The summed E-state index contributed by atoms with van der Waals surface area (Å²) in [4.78, 5) is 4.90. The van der Waals surface area contributed by atoms with Gasteiger partial charge >= 0.3 is 0 Å². The lowest BCUT2D eigenvalue weighted by Crippen LogP contribution is -1.97. The van der Waals surface area contributed by atoms with Gasteiger partial charge in [-0.1, -0.05) is 60.2 Å². The molecule has 0 fully saturated rings. The Morgan fingerprint density at radius 1 is 0.710 bits per heavy atom. The van der Waals surface area contributed by atoms with Crippen molar-refractivity contribution >= 4 is 49.0 Å². The number of fused-ring (bicyclic) bond motifs is 6. The Hall–Kier alpha value is -3.91. The van der Waals surface area contributed by atoms with Crippen molar-refractivity contribution in [1.29, 1.82) is 0 Å². The highest BCUT2D eigenvalue weighted by molar-refractivity contribution is 6.31. The first kappa shape index (κ1) is 16.8. The van der Waals surface area contributed by atoms with Crippen molar-refractivity contribution in [3.8, 4) is 11.1 Å². The van der Waals surface area contributed by atoms with Crippen LogP contribution in [0.15, 0.2) is 85.1 Å². The molecule has 0 aliphatic rings. The molecule has 146 valence electrons. The van der Waals surface area contributed by atoms with Gasteiger partial charge in [-0.15, -0.1) is 0 Å². The summed E-state index contributed by atoms with van der Waals surface area (Å²) in [5.41, 5.74) is 9.97. The van der Waals surface area contributed by atoms with Crippen molar-refractivity contribution in [2.75, 3.05) is 0 Å². The summed E-state index contributed by atoms with van der Waals surface area (Å²) in [7, 11) is 0. The van der Waals surface area contributed by atoms with Crippen LogP contribution in [-0.4, -0.2) is 9.38 Å². The van der Waals surface area contributed by atoms with E-state index >= 15 is 0 Å². The molecule has 4 aromatic carbocycles. The predicted octanol–water partition coefficient (Wildman–Crippen LogP) is 7.67. The fourth-order valence-corrected chi connectivity index (χ4v) is 5.54. The van der Waals surface area contributed by atoms with Crippen LogP contribution in [0.4, 0.5) is 0 Å². The van der Waals surface area contributed by atoms with Crippen LogP contribution in [0, 0.1) is 13.8 Å². The lowest BCUT2D eigenvalue weighted by atomic mass is 9.93. The third kappa shape index (κ3) is 2.09. The Balaban J connectivity index is 1.91. The fraction of sp³-hybridized carbons (Fsp3) is 0.0690. The molecule has 0 unspecified atom stereocenters. The highest BCUT2D eigenvalue weighted by atomic mass is 14.9. The minimum Gasteiger partial charge on any atom is -0.308 e. The predicted molar refractivity (Wildman–Crippen MR) is 131 cm³/mol. The minimum atomic E-state index is 1.10. The average molecular weight is 396 g/mol. The standard InChI is InChI=1S/C29H20N2/c1-17-14-18(2)28-23(15-17)27-25-20(12-13-30-27)16-22(19-8-4-3-5-9-19)26-21-10-6-7-11-24(21)31(28)29(25)26/h3-16H,1-2H3. The maximum Gasteiger partial charge on any atom is 0.0822 e. The van der Waals surface area contributed by atoms with E-state index in [0.29, 0.717) is 0 Å². The molecule has 0 aliphatic carbocycles. The second kappa shape index (κ2) is 5.83. The molecule has 0 N–H and O–H groups in total. The van der Waals surface area contributed by atoms with Crippen molar-refractivity contribution in [1.82, 2.24) is 9.38 Å². The molecule has 0 saturated heterocycles. The van der Waals surface area contributed by atoms with E-state index < -0.39 is 0 Å². The molecular weight excluding hydrogens is 376 g/mol. The van der Waals surface area contributed by atoms with E-state index in [2.05, 4.69) is 97.1 Å². The van der Waals surface area contributed by atoms with E-state index in [1.165, 1.54) is 65.7 Å².